The van der Waals surface area contributed by atoms with Crippen molar-refractivity contribution in [2.75, 3.05) is 20.6 Å². The SMILES string of the molecule is C#CCCC1(CCC(=O)NCC2CCC(C(=O)N(C)C)O2)N=N1. The lowest BCUT2D eigenvalue weighted by molar-refractivity contribution is -0.140. The molecule has 2 atom stereocenters. The van der Waals surface area contributed by atoms with E-state index in [-0.39, 0.29) is 24.0 Å². The smallest absolute Gasteiger partial charge is 0.251 e. The van der Waals surface area contributed by atoms with E-state index in [0.29, 0.717) is 38.6 Å². The molecule has 0 bridgehead atoms. The first-order chi connectivity index (χ1) is 11.0. The van der Waals surface area contributed by atoms with Crippen molar-refractivity contribution in [3.8, 4) is 12.3 Å². The fourth-order valence-corrected chi connectivity index (χ4v) is 2.62. The van der Waals surface area contributed by atoms with Gasteiger partial charge in [-0.2, -0.15) is 10.2 Å². The quantitative estimate of drug-likeness (QED) is 0.680. The van der Waals surface area contributed by atoms with Gasteiger partial charge in [-0.1, -0.05) is 0 Å². The van der Waals surface area contributed by atoms with E-state index in [2.05, 4.69) is 21.5 Å². The summed E-state index contributed by atoms with van der Waals surface area (Å²) in [5.74, 6) is 2.50. The molecule has 0 saturated carbocycles. The van der Waals surface area contributed by atoms with Crippen LogP contribution in [0.5, 0.6) is 0 Å². The number of carbonyl (C=O) groups is 2. The Kier molecular flexibility index (Phi) is 5.72. The molecule has 0 aromatic carbocycles. The molecule has 0 aromatic rings. The van der Waals surface area contributed by atoms with Crippen molar-refractivity contribution in [3.05, 3.63) is 0 Å². The van der Waals surface area contributed by atoms with E-state index in [1.165, 1.54) is 4.90 Å². The molecule has 23 heavy (non-hydrogen) atoms. The number of amides is 2. The maximum atomic E-state index is 11.9. The van der Waals surface area contributed by atoms with Crippen molar-refractivity contribution in [1.29, 1.82) is 0 Å². The predicted octanol–water partition coefficient (Wildman–Crippen LogP) is 1.09. The average Bonchev–Trinajstić information content (AvgIpc) is 3.15. The molecule has 2 aliphatic heterocycles. The summed E-state index contributed by atoms with van der Waals surface area (Å²) in [5.41, 5.74) is -0.420. The first-order valence-electron chi connectivity index (χ1n) is 7.96. The molecular weight excluding hydrogens is 296 g/mol. The minimum Gasteiger partial charge on any atom is -0.363 e. The van der Waals surface area contributed by atoms with Crippen LogP contribution >= 0.6 is 0 Å². The molecule has 2 heterocycles. The van der Waals surface area contributed by atoms with E-state index >= 15 is 0 Å². The largest absolute Gasteiger partial charge is 0.363 e. The summed E-state index contributed by atoms with van der Waals surface area (Å²) in [4.78, 5) is 25.3. The minimum absolute atomic E-state index is 0.0220. The lowest BCUT2D eigenvalue weighted by atomic mass is 10.0. The molecule has 2 amide bonds. The highest BCUT2D eigenvalue weighted by atomic mass is 16.5. The summed E-state index contributed by atoms with van der Waals surface area (Å²) in [5, 5.41) is 10.9. The van der Waals surface area contributed by atoms with Gasteiger partial charge in [-0.25, -0.2) is 0 Å². The molecule has 0 aromatic heterocycles. The molecule has 2 rings (SSSR count). The molecule has 0 aliphatic carbocycles. The summed E-state index contributed by atoms with van der Waals surface area (Å²) >= 11 is 0. The molecule has 1 fully saturated rings. The maximum absolute atomic E-state index is 11.9. The van der Waals surface area contributed by atoms with E-state index in [0.717, 1.165) is 6.42 Å². The van der Waals surface area contributed by atoms with Crippen molar-refractivity contribution in [1.82, 2.24) is 10.2 Å². The van der Waals surface area contributed by atoms with Crippen LogP contribution in [-0.4, -0.2) is 55.2 Å². The van der Waals surface area contributed by atoms with Gasteiger partial charge in [0.05, 0.1) is 6.10 Å². The normalized spacial score (nSPS) is 24.0. The molecule has 0 spiro atoms. The molecule has 2 unspecified atom stereocenters. The third kappa shape index (κ3) is 5.03. The summed E-state index contributed by atoms with van der Waals surface area (Å²) in [7, 11) is 3.43. The molecule has 126 valence electrons. The molecule has 7 heteroatoms. The highest BCUT2D eigenvalue weighted by Gasteiger charge is 2.39. The van der Waals surface area contributed by atoms with Gasteiger partial charge in [-0.05, 0) is 12.8 Å². The zero-order valence-electron chi connectivity index (χ0n) is 13.7. The Morgan fingerprint density at radius 1 is 1.35 bits per heavy atom. The fourth-order valence-electron chi connectivity index (χ4n) is 2.62. The summed E-state index contributed by atoms with van der Waals surface area (Å²) in [6, 6.07) is 0. The van der Waals surface area contributed by atoms with E-state index in [1.807, 2.05) is 0 Å². The van der Waals surface area contributed by atoms with Gasteiger partial charge in [0.15, 0.2) is 5.66 Å². The van der Waals surface area contributed by atoms with E-state index in [4.69, 9.17) is 11.2 Å². The first-order valence-corrected chi connectivity index (χ1v) is 7.96. The zero-order chi connectivity index (χ0) is 16.9. The van der Waals surface area contributed by atoms with Crippen molar-refractivity contribution in [2.45, 2.75) is 56.4 Å². The van der Waals surface area contributed by atoms with Crippen LogP contribution in [0.4, 0.5) is 0 Å². The number of ether oxygens (including phenoxy) is 1. The van der Waals surface area contributed by atoms with Crippen LogP contribution in [0.15, 0.2) is 10.2 Å². The Hall–Kier alpha value is -1.94. The third-order valence-corrected chi connectivity index (χ3v) is 4.16. The van der Waals surface area contributed by atoms with Crippen molar-refractivity contribution >= 4 is 11.8 Å². The fraction of sp³-hybridized carbons (Fsp3) is 0.750. The van der Waals surface area contributed by atoms with E-state index < -0.39 is 5.66 Å². The van der Waals surface area contributed by atoms with Crippen molar-refractivity contribution in [2.24, 2.45) is 10.2 Å². The van der Waals surface area contributed by atoms with Crippen LogP contribution in [0.3, 0.4) is 0 Å². The molecule has 1 saturated heterocycles. The van der Waals surface area contributed by atoms with Crippen LogP contribution in [0.2, 0.25) is 0 Å². The monoisotopic (exact) mass is 320 g/mol. The Morgan fingerprint density at radius 3 is 2.70 bits per heavy atom. The van der Waals surface area contributed by atoms with Crippen LogP contribution < -0.4 is 5.32 Å². The first kappa shape index (κ1) is 17.4. The van der Waals surface area contributed by atoms with E-state index in [9.17, 15) is 9.59 Å². The molecule has 0 radical (unpaired) electrons. The summed E-state index contributed by atoms with van der Waals surface area (Å²) in [6.45, 7) is 0.432. The van der Waals surface area contributed by atoms with Gasteiger partial charge < -0.3 is 15.0 Å². The lowest BCUT2D eigenvalue weighted by Crippen LogP contribution is -2.36. The van der Waals surface area contributed by atoms with Gasteiger partial charge in [-0.3, -0.25) is 9.59 Å². The average molecular weight is 320 g/mol. The van der Waals surface area contributed by atoms with Gasteiger partial charge in [-0.15, -0.1) is 12.3 Å². The van der Waals surface area contributed by atoms with Gasteiger partial charge in [0.2, 0.25) is 5.91 Å². The Morgan fingerprint density at radius 2 is 2.09 bits per heavy atom. The second-order valence-electron chi connectivity index (χ2n) is 6.25. The van der Waals surface area contributed by atoms with Crippen LogP contribution in [0.25, 0.3) is 0 Å². The highest BCUT2D eigenvalue weighted by Crippen LogP contribution is 2.37. The molecule has 2 aliphatic rings. The minimum atomic E-state index is -0.420. The number of nitrogens with zero attached hydrogens (tertiary/aromatic N) is 3. The third-order valence-electron chi connectivity index (χ3n) is 4.16. The number of hydrogen-bond acceptors (Lipinski definition) is 5. The van der Waals surface area contributed by atoms with Crippen molar-refractivity contribution < 1.29 is 14.3 Å². The summed E-state index contributed by atoms with van der Waals surface area (Å²) < 4.78 is 5.68. The van der Waals surface area contributed by atoms with Crippen LogP contribution in [0.1, 0.15) is 38.5 Å². The second kappa shape index (κ2) is 7.55. The van der Waals surface area contributed by atoms with Gasteiger partial charge in [0.1, 0.15) is 6.10 Å². The molecular formula is C16H24N4O3. The van der Waals surface area contributed by atoms with E-state index in [1.54, 1.807) is 14.1 Å². The number of nitrogens with one attached hydrogen (secondary N) is 1. The Balaban J connectivity index is 1.62. The lowest BCUT2D eigenvalue weighted by Gasteiger charge is -2.17. The second-order valence-corrected chi connectivity index (χ2v) is 6.25. The Labute approximate surface area is 136 Å². The van der Waals surface area contributed by atoms with Crippen LogP contribution in [0, 0.1) is 12.3 Å². The van der Waals surface area contributed by atoms with Crippen molar-refractivity contribution in [3.63, 3.8) is 0 Å². The standard InChI is InChI=1S/C16H24N4O3/c1-4-5-9-16(18-19-16)10-8-14(21)17-11-12-6-7-13(23-12)15(22)20(2)3/h1,12-13H,5-11H2,2-3H3,(H,17,21). The number of rotatable bonds is 8. The molecule has 1 N–H and O–H groups in total. The number of hydrogen-bond donors (Lipinski definition) is 1. The maximum Gasteiger partial charge on any atom is 0.251 e. The molecule has 7 nitrogen and oxygen atoms in total. The Bertz CT molecular complexity index is 518. The highest BCUT2D eigenvalue weighted by molar-refractivity contribution is 5.80. The van der Waals surface area contributed by atoms with Gasteiger partial charge in [0.25, 0.3) is 5.91 Å². The topological polar surface area (TPSA) is 83.4 Å². The predicted molar refractivity (Wildman–Crippen MR) is 84.5 cm³/mol. The van der Waals surface area contributed by atoms with Gasteiger partial charge in [0, 0.05) is 46.3 Å². The number of carbonyl (C=O) groups excluding carboxylic acids is 2. The number of terminal acetylenes is 1. The number of likely N-dealkylation sites (N-methyl/N-ethyl adjacent to an activating group) is 1. The van der Waals surface area contributed by atoms with Crippen LogP contribution in [-0.2, 0) is 14.3 Å². The summed E-state index contributed by atoms with van der Waals surface area (Å²) in [6.07, 6.45) is 8.51. The van der Waals surface area contributed by atoms with Gasteiger partial charge >= 0.3 is 0 Å². The zero-order valence-corrected chi connectivity index (χ0v) is 13.7.